The van der Waals surface area contributed by atoms with Crippen LogP contribution in [0.1, 0.15) is 36.9 Å². The van der Waals surface area contributed by atoms with Crippen molar-refractivity contribution in [2.45, 2.75) is 32.2 Å². The normalized spacial score (nSPS) is 25.5. The molecule has 19 heavy (non-hydrogen) atoms. The molecule has 1 aliphatic heterocycles. The average Bonchev–Trinajstić information content (AvgIpc) is 3.07. The van der Waals surface area contributed by atoms with Crippen LogP contribution in [0.25, 0.3) is 0 Å². The van der Waals surface area contributed by atoms with Gasteiger partial charge < -0.3 is 14.8 Å². The van der Waals surface area contributed by atoms with Crippen molar-refractivity contribution < 1.29 is 9.47 Å². The molecule has 1 fully saturated rings. The number of nitrogens with one attached hydrogen (secondary N) is 1. The van der Waals surface area contributed by atoms with E-state index < -0.39 is 0 Å². The third-order valence-corrected chi connectivity index (χ3v) is 4.18. The van der Waals surface area contributed by atoms with E-state index in [9.17, 15) is 0 Å². The molecule has 0 aromatic heterocycles. The molecule has 0 amide bonds. The largest absolute Gasteiger partial charge is 0.493 e. The molecular formula is C16H23NO2. The molecule has 104 valence electrons. The van der Waals surface area contributed by atoms with Crippen molar-refractivity contribution in [1.29, 1.82) is 0 Å². The van der Waals surface area contributed by atoms with Crippen molar-refractivity contribution in [3.63, 3.8) is 0 Å². The molecule has 3 rings (SSSR count). The van der Waals surface area contributed by atoms with Crippen LogP contribution in [0.15, 0.2) is 18.2 Å². The van der Waals surface area contributed by atoms with E-state index in [0.717, 1.165) is 45.0 Å². The summed E-state index contributed by atoms with van der Waals surface area (Å²) in [5.74, 6) is 1.66. The number of hydrogen-bond donors (Lipinski definition) is 1. The lowest BCUT2D eigenvalue weighted by molar-refractivity contribution is 0.167. The van der Waals surface area contributed by atoms with Crippen LogP contribution in [-0.4, -0.2) is 26.4 Å². The van der Waals surface area contributed by atoms with Gasteiger partial charge in [-0.05, 0) is 43.0 Å². The molecule has 0 bridgehead atoms. The highest BCUT2D eigenvalue weighted by molar-refractivity contribution is 5.45. The van der Waals surface area contributed by atoms with Crippen LogP contribution < -0.4 is 10.1 Å². The fraction of sp³-hybridized carbons (Fsp3) is 0.625. The minimum Gasteiger partial charge on any atom is -0.493 e. The predicted molar refractivity (Wildman–Crippen MR) is 75.6 cm³/mol. The topological polar surface area (TPSA) is 30.5 Å². The first kappa shape index (κ1) is 12.9. The van der Waals surface area contributed by atoms with Gasteiger partial charge in [0.05, 0.1) is 13.2 Å². The van der Waals surface area contributed by atoms with Gasteiger partial charge in [-0.25, -0.2) is 0 Å². The van der Waals surface area contributed by atoms with Crippen LogP contribution >= 0.6 is 0 Å². The molecule has 0 saturated carbocycles. The summed E-state index contributed by atoms with van der Waals surface area (Å²) in [5.41, 5.74) is 2.84. The summed E-state index contributed by atoms with van der Waals surface area (Å²) in [7, 11) is 0. The van der Waals surface area contributed by atoms with Gasteiger partial charge in [0.15, 0.2) is 0 Å². The summed E-state index contributed by atoms with van der Waals surface area (Å²) >= 11 is 0. The molecule has 3 nitrogen and oxygen atoms in total. The van der Waals surface area contributed by atoms with E-state index in [2.05, 4.69) is 30.4 Å². The Labute approximate surface area is 115 Å². The molecule has 0 radical (unpaired) electrons. The second kappa shape index (κ2) is 5.93. The van der Waals surface area contributed by atoms with Crippen molar-refractivity contribution >= 4 is 0 Å². The Bertz CT molecular complexity index is 427. The molecule has 1 N–H and O–H groups in total. The second-order valence-electron chi connectivity index (χ2n) is 5.51. The number of rotatable bonds is 5. The maximum atomic E-state index is 6.05. The summed E-state index contributed by atoms with van der Waals surface area (Å²) in [6, 6.07) is 6.98. The van der Waals surface area contributed by atoms with Gasteiger partial charge in [0.1, 0.15) is 5.75 Å². The Morgan fingerprint density at radius 2 is 2.32 bits per heavy atom. The van der Waals surface area contributed by atoms with Crippen molar-refractivity contribution in [2.75, 3.05) is 26.4 Å². The lowest BCUT2D eigenvalue weighted by Crippen LogP contribution is -2.18. The van der Waals surface area contributed by atoms with E-state index in [-0.39, 0.29) is 0 Å². The molecule has 0 spiro atoms. The summed E-state index contributed by atoms with van der Waals surface area (Å²) in [6.45, 7) is 5.73. The van der Waals surface area contributed by atoms with Crippen LogP contribution in [0.2, 0.25) is 0 Å². The Balaban J connectivity index is 1.69. The zero-order valence-corrected chi connectivity index (χ0v) is 11.7. The van der Waals surface area contributed by atoms with Gasteiger partial charge in [-0.2, -0.15) is 0 Å². The first-order valence-electron chi connectivity index (χ1n) is 7.44. The number of benzene rings is 1. The monoisotopic (exact) mass is 261 g/mol. The fourth-order valence-electron chi connectivity index (χ4n) is 3.14. The Kier molecular flexibility index (Phi) is 4.04. The number of fused-ring (bicyclic) bond motifs is 1. The standard InChI is InChI=1S/C16H23NO2/c1-2-17-15-7-6-14-13(15)4-3-5-16(14)19-11-12-8-9-18-10-12/h3-5,12,15,17H,2,6-11H2,1H3. The van der Waals surface area contributed by atoms with E-state index in [1.807, 2.05) is 0 Å². The maximum Gasteiger partial charge on any atom is 0.122 e. The predicted octanol–water partition coefficient (Wildman–Crippen LogP) is 2.70. The lowest BCUT2D eigenvalue weighted by Gasteiger charge is -2.15. The number of hydrogen-bond acceptors (Lipinski definition) is 3. The fourth-order valence-corrected chi connectivity index (χ4v) is 3.14. The molecule has 1 heterocycles. The van der Waals surface area contributed by atoms with Crippen molar-refractivity contribution in [1.82, 2.24) is 5.32 Å². The van der Waals surface area contributed by atoms with E-state index in [1.54, 1.807) is 0 Å². The van der Waals surface area contributed by atoms with Gasteiger partial charge in [-0.3, -0.25) is 0 Å². The Hall–Kier alpha value is -1.06. The van der Waals surface area contributed by atoms with E-state index >= 15 is 0 Å². The van der Waals surface area contributed by atoms with E-state index in [1.165, 1.54) is 17.5 Å². The molecule has 1 aromatic carbocycles. The van der Waals surface area contributed by atoms with Crippen LogP contribution in [0.3, 0.4) is 0 Å². The molecule has 1 aromatic rings. The first-order chi connectivity index (χ1) is 9.38. The maximum absolute atomic E-state index is 6.05. The summed E-state index contributed by atoms with van der Waals surface area (Å²) in [5, 5.41) is 3.55. The van der Waals surface area contributed by atoms with Crippen molar-refractivity contribution in [3.05, 3.63) is 29.3 Å². The zero-order chi connectivity index (χ0) is 13.1. The minimum absolute atomic E-state index is 0.512. The smallest absolute Gasteiger partial charge is 0.122 e. The van der Waals surface area contributed by atoms with E-state index in [4.69, 9.17) is 9.47 Å². The lowest BCUT2D eigenvalue weighted by atomic mass is 10.1. The zero-order valence-electron chi connectivity index (χ0n) is 11.7. The highest BCUT2D eigenvalue weighted by Gasteiger charge is 2.25. The van der Waals surface area contributed by atoms with Gasteiger partial charge >= 0.3 is 0 Å². The van der Waals surface area contributed by atoms with Gasteiger partial charge in [0.2, 0.25) is 0 Å². The third kappa shape index (κ3) is 2.77. The van der Waals surface area contributed by atoms with E-state index in [0.29, 0.717) is 12.0 Å². The first-order valence-corrected chi connectivity index (χ1v) is 7.44. The van der Waals surface area contributed by atoms with Gasteiger partial charge in [0.25, 0.3) is 0 Å². The highest BCUT2D eigenvalue weighted by atomic mass is 16.5. The molecule has 3 heteroatoms. The van der Waals surface area contributed by atoms with Crippen molar-refractivity contribution in [3.8, 4) is 5.75 Å². The minimum atomic E-state index is 0.512. The molecule has 2 aliphatic rings. The third-order valence-electron chi connectivity index (χ3n) is 4.18. The van der Waals surface area contributed by atoms with Crippen LogP contribution in [-0.2, 0) is 11.2 Å². The van der Waals surface area contributed by atoms with Crippen molar-refractivity contribution in [2.24, 2.45) is 5.92 Å². The van der Waals surface area contributed by atoms with Gasteiger partial charge in [-0.1, -0.05) is 19.1 Å². The average molecular weight is 261 g/mol. The number of ether oxygens (including phenoxy) is 2. The van der Waals surface area contributed by atoms with Gasteiger partial charge in [-0.15, -0.1) is 0 Å². The second-order valence-corrected chi connectivity index (χ2v) is 5.51. The molecule has 1 saturated heterocycles. The highest BCUT2D eigenvalue weighted by Crippen LogP contribution is 2.37. The molecule has 1 aliphatic carbocycles. The Morgan fingerprint density at radius 3 is 3.11 bits per heavy atom. The SMILES string of the molecule is CCNC1CCc2c(OCC3CCOC3)cccc21. The van der Waals surface area contributed by atoms with Crippen LogP contribution in [0, 0.1) is 5.92 Å². The van der Waals surface area contributed by atoms with Gasteiger partial charge in [0, 0.05) is 18.6 Å². The molecular weight excluding hydrogens is 238 g/mol. The summed E-state index contributed by atoms with van der Waals surface area (Å²) in [4.78, 5) is 0. The van der Waals surface area contributed by atoms with Crippen LogP contribution in [0.5, 0.6) is 5.75 Å². The molecule has 2 atom stereocenters. The quantitative estimate of drug-likeness (QED) is 0.884. The summed E-state index contributed by atoms with van der Waals surface area (Å²) < 4.78 is 11.4. The summed E-state index contributed by atoms with van der Waals surface area (Å²) in [6.07, 6.45) is 3.45. The molecule has 2 unspecified atom stereocenters. The Morgan fingerprint density at radius 1 is 1.37 bits per heavy atom. The van der Waals surface area contributed by atoms with Crippen LogP contribution in [0.4, 0.5) is 0 Å².